The van der Waals surface area contributed by atoms with Gasteiger partial charge in [-0.3, -0.25) is 33.6 Å². The Labute approximate surface area is 619 Å². The van der Waals surface area contributed by atoms with Crippen LogP contribution in [0.5, 0.6) is 5.75 Å². The second-order valence-electron chi connectivity index (χ2n) is 28.8. The lowest BCUT2D eigenvalue weighted by molar-refractivity contribution is -0.161. The molecule has 566 valence electrons. The standard InChI is InChI=1S/C83H110N8O14/c1-14-55(7)71(87-75(94)65(84)45-48-70(102-51-59-31-21-16-22-32-59)103-52-60-33-23-17-24-34-60)79(98)91(13)68(50-58-41-43-64(44-42-58)105-82(10,11)12)77(96)88-72(56(8)15-2)81(101)104-57(9)73(78(97)86-67(80(99)100)49-53(3)4)89-76(95)66(85-74(93)54(5)6)46-47-69(92)90-83(61-35-25-18-26-36-61,62-37-27-19-28-38-62)63-39-29-20-30-40-63/h16-44,53-57,65-68,70-73H,14-15,45-52,84H2,1-13H3,(H,85,93)(H,86,97)(H,87,94)(H,88,96)(H,89,95)(H,90,92)(H,99,100)/t55-,56-,57+,65-,66-,67-,68-,71-,72-,73-/m0/s1. The fourth-order valence-corrected chi connectivity index (χ4v) is 12.0. The van der Waals surface area contributed by atoms with E-state index in [9.17, 15) is 33.9 Å². The van der Waals surface area contributed by atoms with E-state index >= 15 is 14.4 Å². The SMILES string of the molecule is CC[C@H](C)[C@H](NC(=O)[C@H](Cc1ccc(OC(C)(C)C)cc1)N(C)C(=O)[C@@H](NC(=O)[C@@H](N)CCC(OCc1ccccc1)OCc1ccccc1)[C@@H](C)CC)C(=O)O[C@H](C)[C@H](NC(=O)[C@H](CCC(=O)NC(c1ccccc1)(c1ccccc1)c1ccccc1)NC(=O)C(C)C)C(=O)N[C@@H](CC(C)C)C(=O)O. The first kappa shape index (κ1) is 84.2. The minimum absolute atomic E-state index is 0.0283. The van der Waals surface area contributed by atoms with Gasteiger partial charge in [-0.15, -0.1) is 0 Å². The Balaban J connectivity index is 1.28. The third-order valence-corrected chi connectivity index (χ3v) is 18.5. The molecule has 6 rings (SSSR count). The van der Waals surface area contributed by atoms with Crippen LogP contribution in [-0.4, -0.2) is 131 Å². The number of hydrogen-bond donors (Lipinski definition) is 8. The summed E-state index contributed by atoms with van der Waals surface area (Å²) in [6.45, 7) is 21.4. The van der Waals surface area contributed by atoms with Crippen molar-refractivity contribution >= 4 is 53.3 Å². The molecule has 0 aliphatic heterocycles. The molecule has 0 fully saturated rings. The number of carboxylic acid groups (broad SMARTS) is 1. The summed E-state index contributed by atoms with van der Waals surface area (Å²) >= 11 is 0. The number of aliphatic carboxylic acids is 1. The molecule has 22 heteroatoms. The van der Waals surface area contributed by atoms with E-state index in [0.29, 0.717) is 17.7 Å². The second-order valence-corrected chi connectivity index (χ2v) is 28.8. The van der Waals surface area contributed by atoms with Gasteiger partial charge in [-0.2, -0.15) is 0 Å². The summed E-state index contributed by atoms with van der Waals surface area (Å²) in [5.41, 5.74) is 9.52. The zero-order valence-corrected chi connectivity index (χ0v) is 63.1. The molecule has 0 spiro atoms. The molecule has 7 amide bonds. The highest BCUT2D eigenvalue weighted by Crippen LogP contribution is 2.37. The Kier molecular flexibility index (Phi) is 32.9. The quantitative estimate of drug-likeness (QED) is 0.0101. The zero-order chi connectivity index (χ0) is 77.0. The molecule has 22 nitrogen and oxygen atoms in total. The fourth-order valence-electron chi connectivity index (χ4n) is 12.0. The molecule has 0 heterocycles. The average Bonchev–Trinajstić information content (AvgIpc) is 0.754. The van der Waals surface area contributed by atoms with Gasteiger partial charge in [0.15, 0.2) is 6.29 Å². The molecule has 9 N–H and O–H groups in total. The Morgan fingerprint density at radius 3 is 1.42 bits per heavy atom. The van der Waals surface area contributed by atoms with Crippen molar-refractivity contribution in [3.63, 3.8) is 0 Å². The van der Waals surface area contributed by atoms with Crippen molar-refractivity contribution in [1.82, 2.24) is 36.8 Å². The largest absolute Gasteiger partial charge is 0.488 e. The Morgan fingerprint density at radius 2 is 0.962 bits per heavy atom. The minimum atomic E-state index is -1.84. The number of carbonyl (C=O) groups excluding carboxylic acids is 8. The van der Waals surface area contributed by atoms with Crippen LogP contribution in [0.2, 0.25) is 0 Å². The number of nitrogens with one attached hydrogen (secondary N) is 6. The Hall–Kier alpha value is -9.77. The van der Waals surface area contributed by atoms with Crippen molar-refractivity contribution in [2.45, 2.75) is 213 Å². The molecule has 0 saturated heterocycles. The summed E-state index contributed by atoms with van der Waals surface area (Å²) < 4.78 is 24.7. The molecular formula is C83H110N8O14. The third kappa shape index (κ3) is 25.8. The summed E-state index contributed by atoms with van der Waals surface area (Å²) in [5.74, 6) is -9.06. The lowest BCUT2D eigenvalue weighted by atomic mass is 9.77. The first-order chi connectivity index (χ1) is 49.9. The van der Waals surface area contributed by atoms with Crippen LogP contribution in [0.25, 0.3) is 0 Å². The number of hydrogen-bond acceptors (Lipinski definition) is 14. The maximum absolute atomic E-state index is 15.4. The van der Waals surface area contributed by atoms with Crippen LogP contribution in [0.4, 0.5) is 0 Å². The van der Waals surface area contributed by atoms with Gasteiger partial charge < -0.3 is 66.6 Å². The number of amides is 7. The van der Waals surface area contributed by atoms with E-state index in [1.54, 1.807) is 72.7 Å². The number of esters is 1. The fraction of sp³-hybridized carbons (Fsp3) is 0.458. The summed E-state index contributed by atoms with van der Waals surface area (Å²) in [4.78, 5) is 132. The Morgan fingerprint density at radius 1 is 0.505 bits per heavy atom. The van der Waals surface area contributed by atoms with Gasteiger partial charge in [0.25, 0.3) is 0 Å². The first-order valence-corrected chi connectivity index (χ1v) is 36.5. The molecule has 6 aromatic carbocycles. The van der Waals surface area contributed by atoms with Crippen LogP contribution in [0.3, 0.4) is 0 Å². The first-order valence-electron chi connectivity index (χ1n) is 36.5. The van der Waals surface area contributed by atoms with Gasteiger partial charge in [-0.25, -0.2) is 9.59 Å². The highest BCUT2D eigenvalue weighted by Gasteiger charge is 2.42. The van der Waals surface area contributed by atoms with E-state index in [1.165, 1.54) is 18.9 Å². The topological polar surface area (TPSA) is 312 Å². The molecule has 0 aliphatic rings. The van der Waals surface area contributed by atoms with E-state index < -0.39 is 137 Å². The lowest BCUT2D eigenvalue weighted by Crippen LogP contribution is -2.61. The van der Waals surface area contributed by atoms with Crippen LogP contribution >= 0.6 is 0 Å². The molecule has 105 heavy (non-hydrogen) atoms. The van der Waals surface area contributed by atoms with Gasteiger partial charge in [-0.05, 0) is 110 Å². The van der Waals surface area contributed by atoms with E-state index in [-0.39, 0.29) is 64.1 Å². The molecule has 0 unspecified atom stereocenters. The number of ether oxygens (including phenoxy) is 4. The van der Waals surface area contributed by atoms with Gasteiger partial charge >= 0.3 is 11.9 Å². The highest BCUT2D eigenvalue weighted by atomic mass is 16.7. The van der Waals surface area contributed by atoms with Gasteiger partial charge in [-0.1, -0.05) is 232 Å². The van der Waals surface area contributed by atoms with Crippen LogP contribution < -0.4 is 42.4 Å². The molecule has 0 bridgehead atoms. The molecule has 0 radical (unpaired) electrons. The van der Waals surface area contributed by atoms with Crippen LogP contribution in [0.1, 0.15) is 161 Å². The molecular weight excluding hydrogens is 1330 g/mol. The molecule has 6 aromatic rings. The van der Waals surface area contributed by atoms with Crippen molar-refractivity contribution in [3.8, 4) is 5.75 Å². The number of nitrogens with zero attached hydrogens (tertiary/aromatic N) is 1. The number of carbonyl (C=O) groups is 9. The van der Waals surface area contributed by atoms with Crippen LogP contribution in [-0.2, 0) is 82.5 Å². The summed E-state index contributed by atoms with van der Waals surface area (Å²) in [6, 6.07) is 44.4. The predicted molar refractivity (Wildman–Crippen MR) is 403 cm³/mol. The third-order valence-electron chi connectivity index (χ3n) is 18.5. The van der Waals surface area contributed by atoms with Crippen LogP contribution in [0, 0.1) is 23.7 Å². The Bertz CT molecular complexity index is 3590. The molecule has 0 aromatic heterocycles. The monoisotopic (exact) mass is 1440 g/mol. The van der Waals surface area contributed by atoms with Gasteiger partial charge in [0.2, 0.25) is 41.4 Å². The summed E-state index contributed by atoms with van der Waals surface area (Å²) in [5, 5.41) is 27.3. The number of rotatable bonds is 41. The van der Waals surface area contributed by atoms with Crippen molar-refractivity contribution in [2.75, 3.05) is 7.05 Å². The average molecular weight is 1440 g/mol. The van der Waals surface area contributed by atoms with Gasteiger partial charge in [0, 0.05) is 32.2 Å². The summed E-state index contributed by atoms with van der Waals surface area (Å²) in [6.07, 6.45) is -2.08. The summed E-state index contributed by atoms with van der Waals surface area (Å²) in [7, 11) is 1.44. The van der Waals surface area contributed by atoms with Crippen molar-refractivity contribution in [1.29, 1.82) is 0 Å². The number of likely N-dealkylation sites (N-methyl/N-ethyl adjacent to an activating group) is 1. The van der Waals surface area contributed by atoms with Crippen LogP contribution in [0.15, 0.2) is 176 Å². The van der Waals surface area contributed by atoms with Crippen molar-refractivity contribution in [3.05, 3.63) is 209 Å². The maximum atomic E-state index is 15.4. The van der Waals surface area contributed by atoms with Gasteiger partial charge in [0.05, 0.1) is 19.3 Å². The molecule has 0 saturated carbocycles. The van der Waals surface area contributed by atoms with E-state index in [1.807, 2.05) is 179 Å². The number of carboxylic acids is 1. The molecule has 10 atom stereocenters. The van der Waals surface area contributed by atoms with E-state index in [2.05, 4.69) is 31.9 Å². The highest BCUT2D eigenvalue weighted by molar-refractivity contribution is 5.96. The second kappa shape index (κ2) is 41.1. The maximum Gasteiger partial charge on any atom is 0.329 e. The van der Waals surface area contributed by atoms with Gasteiger partial charge in [0.1, 0.15) is 59.2 Å². The normalized spacial score (nSPS) is 14.5. The minimum Gasteiger partial charge on any atom is -0.488 e. The zero-order valence-electron chi connectivity index (χ0n) is 63.1. The lowest BCUT2D eigenvalue weighted by Gasteiger charge is -2.37. The predicted octanol–water partition coefficient (Wildman–Crippen LogP) is 10.2. The van der Waals surface area contributed by atoms with E-state index in [0.717, 1.165) is 27.8 Å². The smallest absolute Gasteiger partial charge is 0.329 e. The number of nitrogens with two attached hydrogens (primary N) is 1. The van der Waals surface area contributed by atoms with Crippen molar-refractivity contribution < 1.29 is 67.2 Å². The number of benzene rings is 6. The molecule has 0 aliphatic carbocycles. The van der Waals surface area contributed by atoms with E-state index in [4.69, 9.17) is 24.7 Å². The van der Waals surface area contributed by atoms with Crippen molar-refractivity contribution in [2.24, 2.45) is 29.4 Å².